The molecule has 0 saturated heterocycles. The maximum Gasteiger partial charge on any atom is 0.371 e. The zero-order chi connectivity index (χ0) is 15.6. The van der Waals surface area contributed by atoms with Crippen LogP contribution in [-0.4, -0.2) is 30.8 Å². The van der Waals surface area contributed by atoms with Crippen LogP contribution >= 0.6 is 0 Å². The molecular weight excluding hydrogens is 294 g/mol. The summed E-state index contributed by atoms with van der Waals surface area (Å²) in [4.78, 5) is 10.7. The molecule has 0 aliphatic heterocycles. The van der Waals surface area contributed by atoms with Gasteiger partial charge in [0.25, 0.3) is 10.0 Å². The fraction of sp³-hybridized carbons (Fsp3) is 0.214. The number of aryl methyl sites for hydroxylation is 1. The predicted molar refractivity (Wildman–Crippen MR) is 75.5 cm³/mol. The summed E-state index contributed by atoms with van der Waals surface area (Å²) >= 11 is 0. The molecule has 0 unspecified atom stereocenters. The summed E-state index contributed by atoms with van der Waals surface area (Å²) in [6.07, 6.45) is 0. The van der Waals surface area contributed by atoms with Crippen LogP contribution in [0.3, 0.4) is 0 Å². The van der Waals surface area contributed by atoms with Crippen molar-refractivity contribution in [3.63, 3.8) is 0 Å². The minimum atomic E-state index is -3.86. The highest BCUT2D eigenvalue weighted by atomic mass is 32.2. The summed E-state index contributed by atoms with van der Waals surface area (Å²) in [6.45, 7) is 2.09. The van der Waals surface area contributed by atoms with E-state index < -0.39 is 21.8 Å². The molecule has 0 radical (unpaired) electrons. The van der Waals surface area contributed by atoms with Gasteiger partial charge in [-0.05, 0) is 24.6 Å². The van der Waals surface area contributed by atoms with Gasteiger partial charge in [-0.3, -0.25) is 0 Å². The van der Waals surface area contributed by atoms with Crippen LogP contribution in [0.4, 0.5) is 0 Å². The van der Waals surface area contributed by atoms with E-state index in [0.29, 0.717) is 0 Å². The normalized spacial score (nSPS) is 11.8. The molecule has 0 amide bonds. The van der Waals surface area contributed by atoms with Crippen LogP contribution in [0.15, 0.2) is 45.9 Å². The lowest BCUT2D eigenvalue weighted by atomic mass is 10.1. The van der Waals surface area contributed by atoms with Crippen LogP contribution in [-0.2, 0) is 16.6 Å². The number of aromatic carboxylic acids is 1. The Morgan fingerprint density at radius 3 is 2.57 bits per heavy atom. The van der Waals surface area contributed by atoms with E-state index in [-0.39, 0.29) is 11.6 Å². The van der Waals surface area contributed by atoms with Crippen molar-refractivity contribution in [1.82, 2.24) is 4.31 Å². The molecule has 1 heterocycles. The molecule has 6 nitrogen and oxygen atoms in total. The average Bonchev–Trinajstić information content (AvgIpc) is 2.89. The molecule has 1 aromatic carbocycles. The van der Waals surface area contributed by atoms with Crippen LogP contribution in [0.1, 0.15) is 21.7 Å². The number of carboxylic acid groups (broad SMARTS) is 1. The van der Waals surface area contributed by atoms with Crippen LogP contribution in [0, 0.1) is 6.92 Å². The molecule has 0 saturated carbocycles. The zero-order valence-corrected chi connectivity index (χ0v) is 12.4. The highest BCUT2D eigenvalue weighted by Crippen LogP contribution is 2.19. The van der Waals surface area contributed by atoms with Gasteiger partial charge in [-0.15, -0.1) is 0 Å². The van der Waals surface area contributed by atoms with Crippen molar-refractivity contribution in [2.45, 2.75) is 18.6 Å². The largest absolute Gasteiger partial charge is 0.475 e. The number of carboxylic acids is 1. The van der Waals surface area contributed by atoms with Gasteiger partial charge in [0.05, 0.1) is 0 Å². The van der Waals surface area contributed by atoms with E-state index in [0.717, 1.165) is 27.6 Å². The SMILES string of the molecule is Cc1cccc(CN(C)S(=O)(=O)c2ccc(C(=O)O)o2)c1. The number of sulfonamides is 1. The lowest BCUT2D eigenvalue weighted by Crippen LogP contribution is -2.26. The Kier molecular flexibility index (Phi) is 4.15. The van der Waals surface area contributed by atoms with Gasteiger partial charge in [0, 0.05) is 13.6 Å². The Morgan fingerprint density at radius 2 is 2.00 bits per heavy atom. The molecule has 2 rings (SSSR count). The quantitative estimate of drug-likeness (QED) is 0.914. The summed E-state index contributed by atoms with van der Waals surface area (Å²) in [5, 5.41) is 8.39. The molecule has 1 N–H and O–H groups in total. The van der Waals surface area contributed by atoms with Crippen molar-refractivity contribution in [2.24, 2.45) is 0 Å². The van der Waals surface area contributed by atoms with Crippen LogP contribution in [0.5, 0.6) is 0 Å². The van der Waals surface area contributed by atoms with Gasteiger partial charge in [0.15, 0.2) is 0 Å². The lowest BCUT2D eigenvalue weighted by molar-refractivity contribution is 0.0656. The first-order valence-corrected chi connectivity index (χ1v) is 7.60. The Bertz CT molecular complexity index is 763. The first-order valence-electron chi connectivity index (χ1n) is 6.16. The standard InChI is InChI=1S/C14H15NO5S/c1-10-4-3-5-11(8-10)9-15(2)21(18,19)13-7-6-12(20-13)14(16)17/h3-8H,9H2,1-2H3,(H,16,17). The summed E-state index contributed by atoms with van der Waals surface area (Å²) in [7, 11) is -2.44. The van der Waals surface area contributed by atoms with Gasteiger partial charge >= 0.3 is 5.97 Å². The molecular formula is C14H15NO5S. The van der Waals surface area contributed by atoms with E-state index >= 15 is 0 Å². The molecule has 2 aromatic rings. The van der Waals surface area contributed by atoms with Gasteiger partial charge in [-0.2, -0.15) is 4.31 Å². The molecule has 1 aromatic heterocycles. The molecule has 21 heavy (non-hydrogen) atoms. The third-order valence-electron chi connectivity index (χ3n) is 2.94. The topological polar surface area (TPSA) is 87.8 Å². The second kappa shape index (κ2) is 5.71. The average molecular weight is 309 g/mol. The van der Waals surface area contributed by atoms with E-state index in [1.807, 2.05) is 31.2 Å². The van der Waals surface area contributed by atoms with Crippen molar-refractivity contribution in [3.05, 3.63) is 53.3 Å². The number of furan rings is 1. The van der Waals surface area contributed by atoms with Crippen molar-refractivity contribution in [3.8, 4) is 0 Å². The first kappa shape index (κ1) is 15.3. The Balaban J connectivity index is 2.23. The lowest BCUT2D eigenvalue weighted by Gasteiger charge is -2.15. The van der Waals surface area contributed by atoms with Crippen LogP contribution in [0.2, 0.25) is 0 Å². The number of rotatable bonds is 5. The Hall–Kier alpha value is -2.12. The monoisotopic (exact) mass is 309 g/mol. The molecule has 7 heteroatoms. The fourth-order valence-corrected chi connectivity index (χ4v) is 2.94. The summed E-state index contributed by atoms with van der Waals surface area (Å²) < 4.78 is 30.6. The number of hydrogen-bond acceptors (Lipinski definition) is 4. The van der Waals surface area contributed by atoms with E-state index in [1.165, 1.54) is 7.05 Å². The van der Waals surface area contributed by atoms with Gasteiger partial charge in [0.2, 0.25) is 10.9 Å². The van der Waals surface area contributed by atoms with Gasteiger partial charge in [0.1, 0.15) is 0 Å². The molecule has 0 aliphatic carbocycles. The summed E-state index contributed by atoms with van der Waals surface area (Å²) in [5.74, 6) is -1.71. The Labute approximate surface area is 122 Å². The first-order chi connectivity index (χ1) is 9.80. The summed E-state index contributed by atoms with van der Waals surface area (Å²) in [5.41, 5.74) is 1.87. The van der Waals surface area contributed by atoms with Crippen LogP contribution < -0.4 is 0 Å². The third kappa shape index (κ3) is 3.32. The molecule has 0 fully saturated rings. The maximum atomic E-state index is 12.3. The maximum absolute atomic E-state index is 12.3. The smallest absolute Gasteiger partial charge is 0.371 e. The molecule has 0 aliphatic rings. The van der Waals surface area contributed by atoms with Crippen molar-refractivity contribution < 1.29 is 22.7 Å². The number of hydrogen-bond donors (Lipinski definition) is 1. The van der Waals surface area contributed by atoms with E-state index in [2.05, 4.69) is 0 Å². The molecule has 0 atom stereocenters. The van der Waals surface area contributed by atoms with Gasteiger partial charge in [-0.1, -0.05) is 29.8 Å². The number of benzene rings is 1. The van der Waals surface area contributed by atoms with Crippen molar-refractivity contribution >= 4 is 16.0 Å². The highest BCUT2D eigenvalue weighted by Gasteiger charge is 2.26. The zero-order valence-electron chi connectivity index (χ0n) is 11.6. The van der Waals surface area contributed by atoms with Gasteiger partial charge in [-0.25, -0.2) is 13.2 Å². The van der Waals surface area contributed by atoms with E-state index in [4.69, 9.17) is 9.52 Å². The van der Waals surface area contributed by atoms with Crippen molar-refractivity contribution in [1.29, 1.82) is 0 Å². The number of nitrogens with zero attached hydrogens (tertiary/aromatic N) is 1. The highest BCUT2D eigenvalue weighted by molar-refractivity contribution is 7.88. The second-order valence-electron chi connectivity index (χ2n) is 4.67. The minimum absolute atomic E-state index is 0.174. The molecule has 0 bridgehead atoms. The van der Waals surface area contributed by atoms with Gasteiger partial charge < -0.3 is 9.52 Å². The Morgan fingerprint density at radius 1 is 1.29 bits per heavy atom. The summed E-state index contributed by atoms with van der Waals surface area (Å²) in [6, 6.07) is 9.74. The molecule has 0 spiro atoms. The van der Waals surface area contributed by atoms with Crippen LogP contribution in [0.25, 0.3) is 0 Å². The number of carbonyl (C=O) groups is 1. The molecule has 112 valence electrons. The second-order valence-corrected chi connectivity index (χ2v) is 6.65. The van der Waals surface area contributed by atoms with Crippen molar-refractivity contribution in [2.75, 3.05) is 7.05 Å². The van der Waals surface area contributed by atoms with E-state index in [9.17, 15) is 13.2 Å². The fourth-order valence-electron chi connectivity index (χ4n) is 1.88. The third-order valence-corrected chi connectivity index (χ3v) is 4.62. The van der Waals surface area contributed by atoms with E-state index in [1.54, 1.807) is 0 Å². The minimum Gasteiger partial charge on any atom is -0.475 e. The predicted octanol–water partition coefficient (Wildman–Crippen LogP) is 2.11.